The highest BCUT2D eigenvalue weighted by Crippen LogP contribution is 2.35. The molecule has 4 rings (SSSR count). The van der Waals surface area contributed by atoms with Gasteiger partial charge in [0, 0.05) is 18.7 Å². The Balaban J connectivity index is 1.73. The Kier molecular flexibility index (Phi) is 4.66. The first-order chi connectivity index (χ1) is 13.8. The summed E-state index contributed by atoms with van der Waals surface area (Å²) in [6.45, 7) is 2.35. The Morgan fingerprint density at radius 1 is 1.07 bits per heavy atom. The number of alkyl halides is 3. The van der Waals surface area contributed by atoms with Gasteiger partial charge in [0.2, 0.25) is 0 Å². The van der Waals surface area contributed by atoms with E-state index in [1.54, 1.807) is 16.7 Å². The van der Waals surface area contributed by atoms with Gasteiger partial charge >= 0.3 is 6.18 Å². The summed E-state index contributed by atoms with van der Waals surface area (Å²) in [5.41, 5.74) is 2.27. The Bertz CT molecular complexity index is 1190. The van der Waals surface area contributed by atoms with Crippen molar-refractivity contribution in [3.63, 3.8) is 0 Å². The van der Waals surface area contributed by atoms with E-state index in [2.05, 4.69) is 5.32 Å². The van der Waals surface area contributed by atoms with Gasteiger partial charge in [0.05, 0.1) is 23.0 Å². The highest BCUT2D eigenvalue weighted by Gasteiger charge is 2.34. The van der Waals surface area contributed by atoms with Crippen LogP contribution in [0.5, 0.6) is 0 Å². The second kappa shape index (κ2) is 7.16. The monoisotopic (exact) mass is 398 g/mol. The summed E-state index contributed by atoms with van der Waals surface area (Å²) < 4.78 is 46.9. The molecule has 0 fully saturated rings. The van der Waals surface area contributed by atoms with E-state index in [9.17, 15) is 18.0 Å². The highest BCUT2D eigenvalue weighted by molar-refractivity contribution is 6.06. The number of halogens is 3. The van der Waals surface area contributed by atoms with Gasteiger partial charge in [-0.15, -0.1) is 0 Å². The molecule has 148 valence electrons. The first kappa shape index (κ1) is 18.9. The van der Waals surface area contributed by atoms with Crippen LogP contribution in [0.4, 0.5) is 18.9 Å². The molecule has 0 radical (unpaired) electrons. The van der Waals surface area contributed by atoms with Crippen molar-refractivity contribution >= 4 is 22.7 Å². The number of amides is 1. The minimum Gasteiger partial charge on any atom is -0.463 e. The second-order valence-corrected chi connectivity index (χ2v) is 6.71. The van der Waals surface area contributed by atoms with Gasteiger partial charge in [0.25, 0.3) is 5.91 Å². The fraction of sp³-hybridized carbons (Fsp3) is 0.136. The fourth-order valence-corrected chi connectivity index (χ4v) is 3.32. The number of aryl methyl sites for hydroxylation is 1. The predicted molar refractivity (Wildman–Crippen MR) is 104 cm³/mol. The number of carbonyl (C=O) groups is 1. The number of nitrogens with one attached hydrogen (secondary N) is 1. The zero-order valence-electron chi connectivity index (χ0n) is 15.5. The van der Waals surface area contributed by atoms with Crippen molar-refractivity contribution < 1.29 is 22.4 Å². The van der Waals surface area contributed by atoms with Gasteiger partial charge in [-0.05, 0) is 30.2 Å². The van der Waals surface area contributed by atoms with Gasteiger partial charge in [0.15, 0.2) is 5.58 Å². The van der Waals surface area contributed by atoms with Gasteiger partial charge in [0.1, 0.15) is 5.69 Å². The largest absolute Gasteiger partial charge is 0.463 e. The summed E-state index contributed by atoms with van der Waals surface area (Å²) >= 11 is 0. The molecule has 0 bridgehead atoms. The normalized spacial score (nSPS) is 11.7. The molecule has 2 aromatic carbocycles. The average molecular weight is 398 g/mol. The standard InChI is InChI=1S/C22H17F3N2O2/c1-14-6-2-3-7-15(14)13-27-18-10-11-29-20(18)12-19(27)21(28)26-17-9-5-4-8-16(17)22(23,24)25/h2-12H,13H2,1H3,(H,26,28). The number of benzene rings is 2. The van der Waals surface area contributed by atoms with E-state index in [-0.39, 0.29) is 11.4 Å². The number of carbonyl (C=O) groups excluding carboxylic acids is 1. The number of nitrogens with zero attached hydrogens (tertiary/aromatic N) is 1. The number of aromatic nitrogens is 1. The molecule has 4 nitrogen and oxygen atoms in total. The Morgan fingerprint density at radius 3 is 2.55 bits per heavy atom. The van der Waals surface area contributed by atoms with Gasteiger partial charge in [-0.3, -0.25) is 4.79 Å². The van der Waals surface area contributed by atoms with Crippen LogP contribution in [0.25, 0.3) is 11.1 Å². The molecule has 0 unspecified atom stereocenters. The smallest absolute Gasteiger partial charge is 0.418 e. The van der Waals surface area contributed by atoms with E-state index in [0.717, 1.165) is 17.2 Å². The Labute approximate surface area is 164 Å². The molecule has 0 spiro atoms. The van der Waals surface area contributed by atoms with Crippen LogP contribution in [-0.4, -0.2) is 10.5 Å². The summed E-state index contributed by atoms with van der Waals surface area (Å²) in [7, 11) is 0. The molecule has 2 heterocycles. The van der Waals surface area contributed by atoms with E-state index in [1.807, 2.05) is 31.2 Å². The van der Waals surface area contributed by atoms with Crippen LogP contribution in [0.3, 0.4) is 0 Å². The minimum atomic E-state index is -4.57. The summed E-state index contributed by atoms with van der Waals surface area (Å²) in [4.78, 5) is 12.9. The summed E-state index contributed by atoms with van der Waals surface area (Å²) in [5.74, 6) is -0.637. The topological polar surface area (TPSA) is 47.2 Å². The molecular formula is C22H17F3N2O2. The predicted octanol–water partition coefficient (Wildman–Crippen LogP) is 5.86. The molecule has 0 atom stereocenters. The summed E-state index contributed by atoms with van der Waals surface area (Å²) in [6, 6.07) is 15.9. The van der Waals surface area contributed by atoms with Crippen molar-refractivity contribution in [3.05, 3.63) is 89.3 Å². The first-order valence-electron chi connectivity index (χ1n) is 8.93. The van der Waals surface area contributed by atoms with Crippen LogP contribution in [0, 0.1) is 6.92 Å². The lowest BCUT2D eigenvalue weighted by Gasteiger charge is -2.15. The molecule has 2 aromatic heterocycles. The van der Waals surface area contributed by atoms with Crippen LogP contribution in [0.2, 0.25) is 0 Å². The van der Waals surface area contributed by atoms with Crippen molar-refractivity contribution in [2.45, 2.75) is 19.6 Å². The fourth-order valence-electron chi connectivity index (χ4n) is 3.32. The maximum Gasteiger partial charge on any atom is 0.418 e. The summed E-state index contributed by atoms with van der Waals surface area (Å²) in [6.07, 6.45) is -3.06. The number of para-hydroxylation sites is 1. The molecule has 0 aliphatic heterocycles. The van der Waals surface area contributed by atoms with Gasteiger partial charge in [-0.1, -0.05) is 36.4 Å². The van der Waals surface area contributed by atoms with Crippen molar-refractivity contribution in [2.24, 2.45) is 0 Å². The van der Waals surface area contributed by atoms with E-state index < -0.39 is 17.6 Å². The third-order valence-electron chi connectivity index (χ3n) is 4.83. The van der Waals surface area contributed by atoms with E-state index in [4.69, 9.17) is 4.42 Å². The molecule has 0 aliphatic carbocycles. The van der Waals surface area contributed by atoms with Gasteiger partial charge < -0.3 is 14.3 Å². The number of fused-ring (bicyclic) bond motifs is 1. The van der Waals surface area contributed by atoms with Crippen LogP contribution in [-0.2, 0) is 12.7 Å². The van der Waals surface area contributed by atoms with Crippen LogP contribution in [0.1, 0.15) is 27.2 Å². The van der Waals surface area contributed by atoms with Crippen molar-refractivity contribution in [2.75, 3.05) is 5.32 Å². The number of rotatable bonds is 4. The number of hydrogen-bond acceptors (Lipinski definition) is 2. The molecule has 0 aliphatic rings. The van der Waals surface area contributed by atoms with Crippen molar-refractivity contribution in [1.82, 2.24) is 4.57 Å². The van der Waals surface area contributed by atoms with Crippen LogP contribution >= 0.6 is 0 Å². The summed E-state index contributed by atoms with van der Waals surface area (Å²) in [5, 5.41) is 2.40. The molecule has 1 N–H and O–H groups in total. The maximum absolute atomic E-state index is 13.3. The Hall–Kier alpha value is -3.48. The zero-order chi connectivity index (χ0) is 20.6. The van der Waals surface area contributed by atoms with Crippen LogP contribution in [0.15, 0.2) is 71.3 Å². The third kappa shape index (κ3) is 3.63. The molecular weight excluding hydrogens is 381 g/mol. The number of anilines is 1. The Morgan fingerprint density at radius 2 is 1.79 bits per heavy atom. The zero-order valence-corrected chi connectivity index (χ0v) is 15.5. The molecule has 4 aromatic rings. The van der Waals surface area contributed by atoms with E-state index in [1.165, 1.54) is 24.5 Å². The lowest BCUT2D eigenvalue weighted by Crippen LogP contribution is -2.20. The van der Waals surface area contributed by atoms with Crippen molar-refractivity contribution in [3.8, 4) is 0 Å². The first-order valence-corrected chi connectivity index (χ1v) is 8.93. The molecule has 29 heavy (non-hydrogen) atoms. The van der Waals surface area contributed by atoms with Crippen LogP contribution < -0.4 is 5.32 Å². The maximum atomic E-state index is 13.3. The van der Waals surface area contributed by atoms with Gasteiger partial charge in [-0.25, -0.2) is 0 Å². The average Bonchev–Trinajstić information content (AvgIpc) is 3.25. The minimum absolute atomic E-state index is 0.222. The molecule has 7 heteroatoms. The SMILES string of the molecule is Cc1ccccc1Cn1c(C(=O)Nc2ccccc2C(F)(F)F)cc2occc21. The number of furan rings is 1. The second-order valence-electron chi connectivity index (χ2n) is 6.71. The third-order valence-corrected chi connectivity index (χ3v) is 4.83. The molecule has 1 amide bonds. The van der Waals surface area contributed by atoms with Gasteiger partial charge in [-0.2, -0.15) is 13.2 Å². The highest BCUT2D eigenvalue weighted by atomic mass is 19.4. The quantitative estimate of drug-likeness (QED) is 0.468. The number of hydrogen-bond donors (Lipinski definition) is 1. The molecule has 0 saturated carbocycles. The lowest BCUT2D eigenvalue weighted by molar-refractivity contribution is -0.136. The molecule has 0 saturated heterocycles. The lowest BCUT2D eigenvalue weighted by atomic mass is 10.1. The van der Waals surface area contributed by atoms with E-state index >= 15 is 0 Å². The van der Waals surface area contributed by atoms with E-state index in [0.29, 0.717) is 17.6 Å². The van der Waals surface area contributed by atoms with Crippen molar-refractivity contribution in [1.29, 1.82) is 0 Å².